The average molecular weight is 296 g/mol. The molecule has 0 bridgehead atoms. The first-order valence-corrected chi connectivity index (χ1v) is 7.79. The molecule has 0 radical (unpaired) electrons. The van der Waals surface area contributed by atoms with Crippen molar-refractivity contribution in [3.8, 4) is 0 Å². The zero-order chi connectivity index (χ0) is 15.8. The van der Waals surface area contributed by atoms with Gasteiger partial charge in [-0.25, -0.2) is 0 Å². The normalized spacial score (nSPS) is 10.7. The Morgan fingerprint density at radius 2 is 1.68 bits per heavy atom. The van der Waals surface area contributed by atoms with Gasteiger partial charge in [0.15, 0.2) is 0 Å². The highest BCUT2D eigenvalue weighted by Crippen LogP contribution is 2.17. The van der Waals surface area contributed by atoms with Gasteiger partial charge in [0.1, 0.15) is 0 Å². The fraction of sp³-hybridized carbons (Fsp3) is 0.316. The predicted molar refractivity (Wildman–Crippen MR) is 91.9 cm³/mol. The van der Waals surface area contributed by atoms with Crippen molar-refractivity contribution in [1.82, 2.24) is 5.32 Å². The Hall–Kier alpha value is -2.13. The van der Waals surface area contributed by atoms with E-state index in [1.807, 2.05) is 30.3 Å². The molecule has 0 saturated heterocycles. The highest BCUT2D eigenvalue weighted by Gasteiger charge is 2.03. The van der Waals surface area contributed by atoms with Crippen LogP contribution in [0.15, 0.2) is 54.6 Å². The Morgan fingerprint density at radius 3 is 2.32 bits per heavy atom. The minimum absolute atomic E-state index is 0.0397. The molecule has 2 aromatic carbocycles. The van der Waals surface area contributed by atoms with Crippen LogP contribution in [0.2, 0.25) is 0 Å². The van der Waals surface area contributed by atoms with E-state index in [2.05, 4.69) is 48.7 Å². The number of hydrogen-bond donors (Lipinski definition) is 2. The third-order valence-corrected chi connectivity index (χ3v) is 3.56. The molecule has 0 spiro atoms. The maximum absolute atomic E-state index is 11.9. The summed E-state index contributed by atoms with van der Waals surface area (Å²) in [5.41, 5.74) is 3.37. The minimum Gasteiger partial charge on any atom is -0.326 e. The Balaban J connectivity index is 1.69. The number of carbonyl (C=O) groups excluding carboxylic acids is 1. The minimum atomic E-state index is 0.0397. The fourth-order valence-corrected chi connectivity index (χ4v) is 2.21. The molecular weight excluding hydrogens is 272 g/mol. The maximum Gasteiger partial charge on any atom is 0.225 e. The standard InChI is InChI=1S/C19H24N2O/c1-15(2)17-8-10-18(11-9-17)21-19(22)12-13-20-14-16-6-4-3-5-7-16/h3-11,15,20H,12-14H2,1-2H3,(H,21,22). The van der Waals surface area contributed by atoms with E-state index in [0.29, 0.717) is 18.9 Å². The Labute approximate surface area is 132 Å². The topological polar surface area (TPSA) is 41.1 Å². The van der Waals surface area contributed by atoms with Crippen LogP contribution in [0.3, 0.4) is 0 Å². The number of benzene rings is 2. The molecule has 0 heterocycles. The average Bonchev–Trinajstić information content (AvgIpc) is 2.53. The van der Waals surface area contributed by atoms with Gasteiger partial charge in [-0.05, 0) is 29.2 Å². The molecule has 116 valence electrons. The summed E-state index contributed by atoms with van der Waals surface area (Å²) in [6.07, 6.45) is 0.471. The zero-order valence-electron chi connectivity index (χ0n) is 13.3. The number of rotatable bonds is 7. The van der Waals surface area contributed by atoms with Gasteiger partial charge in [0, 0.05) is 25.2 Å². The van der Waals surface area contributed by atoms with Crippen LogP contribution < -0.4 is 10.6 Å². The quantitative estimate of drug-likeness (QED) is 0.760. The van der Waals surface area contributed by atoms with Crippen LogP contribution in [0, 0.1) is 0 Å². The van der Waals surface area contributed by atoms with E-state index in [4.69, 9.17) is 0 Å². The van der Waals surface area contributed by atoms with Gasteiger partial charge < -0.3 is 10.6 Å². The smallest absolute Gasteiger partial charge is 0.225 e. The second-order valence-corrected chi connectivity index (χ2v) is 5.74. The van der Waals surface area contributed by atoms with Gasteiger partial charge in [0.05, 0.1) is 0 Å². The third kappa shape index (κ3) is 5.34. The highest BCUT2D eigenvalue weighted by atomic mass is 16.1. The van der Waals surface area contributed by atoms with Crippen molar-refractivity contribution in [2.45, 2.75) is 32.7 Å². The van der Waals surface area contributed by atoms with Crippen molar-refractivity contribution in [2.75, 3.05) is 11.9 Å². The predicted octanol–water partition coefficient (Wildman–Crippen LogP) is 3.93. The number of hydrogen-bond acceptors (Lipinski definition) is 2. The van der Waals surface area contributed by atoms with Crippen molar-refractivity contribution >= 4 is 11.6 Å². The highest BCUT2D eigenvalue weighted by molar-refractivity contribution is 5.90. The monoisotopic (exact) mass is 296 g/mol. The summed E-state index contributed by atoms with van der Waals surface area (Å²) >= 11 is 0. The number of anilines is 1. The lowest BCUT2D eigenvalue weighted by molar-refractivity contribution is -0.116. The van der Waals surface area contributed by atoms with Crippen molar-refractivity contribution in [2.24, 2.45) is 0 Å². The molecule has 22 heavy (non-hydrogen) atoms. The van der Waals surface area contributed by atoms with E-state index >= 15 is 0 Å². The van der Waals surface area contributed by atoms with Gasteiger partial charge >= 0.3 is 0 Å². The molecule has 3 nitrogen and oxygen atoms in total. The molecule has 0 fully saturated rings. The molecule has 0 unspecified atom stereocenters. The molecule has 0 aliphatic carbocycles. The van der Waals surface area contributed by atoms with Crippen LogP contribution in [0.1, 0.15) is 37.3 Å². The van der Waals surface area contributed by atoms with Crippen molar-refractivity contribution in [1.29, 1.82) is 0 Å². The van der Waals surface area contributed by atoms with E-state index in [0.717, 1.165) is 12.2 Å². The summed E-state index contributed by atoms with van der Waals surface area (Å²) in [6, 6.07) is 18.2. The van der Waals surface area contributed by atoms with Crippen LogP contribution in [0.4, 0.5) is 5.69 Å². The van der Waals surface area contributed by atoms with Gasteiger partial charge in [-0.3, -0.25) is 4.79 Å². The molecule has 2 N–H and O–H groups in total. The fourth-order valence-electron chi connectivity index (χ4n) is 2.21. The molecule has 1 amide bonds. The Bertz CT molecular complexity index is 576. The van der Waals surface area contributed by atoms with Crippen LogP contribution in [-0.2, 0) is 11.3 Å². The summed E-state index contributed by atoms with van der Waals surface area (Å²) in [6.45, 7) is 5.78. The molecule has 0 saturated carbocycles. The lowest BCUT2D eigenvalue weighted by Crippen LogP contribution is -2.21. The maximum atomic E-state index is 11.9. The molecule has 0 aliphatic heterocycles. The SMILES string of the molecule is CC(C)c1ccc(NC(=O)CCNCc2ccccc2)cc1. The first-order chi connectivity index (χ1) is 10.6. The second-order valence-electron chi connectivity index (χ2n) is 5.74. The van der Waals surface area contributed by atoms with Crippen LogP contribution >= 0.6 is 0 Å². The number of carbonyl (C=O) groups is 1. The lowest BCUT2D eigenvalue weighted by atomic mass is 10.0. The van der Waals surface area contributed by atoms with Gasteiger partial charge in [-0.2, -0.15) is 0 Å². The number of amides is 1. The van der Waals surface area contributed by atoms with E-state index < -0.39 is 0 Å². The molecule has 3 heteroatoms. The molecular formula is C19H24N2O. The summed E-state index contributed by atoms with van der Waals surface area (Å²) in [7, 11) is 0. The van der Waals surface area contributed by atoms with E-state index in [-0.39, 0.29) is 5.91 Å². The second kappa shape index (κ2) is 8.35. The van der Waals surface area contributed by atoms with Crippen molar-refractivity contribution in [3.63, 3.8) is 0 Å². The Kier molecular flexibility index (Phi) is 6.16. The largest absolute Gasteiger partial charge is 0.326 e. The van der Waals surface area contributed by atoms with Crippen LogP contribution in [-0.4, -0.2) is 12.5 Å². The van der Waals surface area contributed by atoms with Gasteiger partial charge in [-0.1, -0.05) is 56.3 Å². The molecule has 2 rings (SSSR count). The van der Waals surface area contributed by atoms with E-state index in [1.54, 1.807) is 0 Å². The van der Waals surface area contributed by atoms with Crippen molar-refractivity contribution < 1.29 is 4.79 Å². The molecule has 0 aromatic heterocycles. The van der Waals surface area contributed by atoms with Gasteiger partial charge in [-0.15, -0.1) is 0 Å². The Morgan fingerprint density at radius 1 is 1.00 bits per heavy atom. The van der Waals surface area contributed by atoms with E-state index in [1.165, 1.54) is 11.1 Å². The molecule has 0 atom stereocenters. The van der Waals surface area contributed by atoms with Crippen molar-refractivity contribution in [3.05, 3.63) is 65.7 Å². The van der Waals surface area contributed by atoms with Crippen LogP contribution in [0.5, 0.6) is 0 Å². The summed E-state index contributed by atoms with van der Waals surface area (Å²) in [4.78, 5) is 11.9. The lowest BCUT2D eigenvalue weighted by Gasteiger charge is -2.09. The van der Waals surface area contributed by atoms with Crippen LogP contribution in [0.25, 0.3) is 0 Å². The third-order valence-electron chi connectivity index (χ3n) is 3.56. The summed E-state index contributed by atoms with van der Waals surface area (Å²) in [5.74, 6) is 0.546. The first-order valence-electron chi connectivity index (χ1n) is 7.79. The summed E-state index contributed by atoms with van der Waals surface area (Å²) < 4.78 is 0. The van der Waals surface area contributed by atoms with Gasteiger partial charge in [0.2, 0.25) is 5.91 Å². The number of nitrogens with one attached hydrogen (secondary N) is 2. The molecule has 0 aliphatic rings. The van der Waals surface area contributed by atoms with E-state index in [9.17, 15) is 4.79 Å². The van der Waals surface area contributed by atoms with Gasteiger partial charge in [0.25, 0.3) is 0 Å². The summed E-state index contributed by atoms with van der Waals surface area (Å²) in [5, 5.41) is 6.21. The first kappa shape index (κ1) is 16.2. The molecule has 2 aromatic rings. The zero-order valence-corrected chi connectivity index (χ0v) is 13.3.